The van der Waals surface area contributed by atoms with E-state index in [4.69, 9.17) is 14.2 Å². The lowest BCUT2D eigenvalue weighted by Crippen LogP contribution is -2.06. The quantitative estimate of drug-likeness (QED) is 0.530. The zero-order valence-corrected chi connectivity index (χ0v) is 16.6. The fraction of sp³-hybridized carbons (Fsp3) is 0.364. The third-order valence-electron chi connectivity index (χ3n) is 3.71. The van der Waals surface area contributed by atoms with Crippen molar-refractivity contribution in [3.63, 3.8) is 0 Å². The van der Waals surface area contributed by atoms with Gasteiger partial charge in [-0.05, 0) is 36.2 Å². The Morgan fingerprint density at radius 2 is 1.64 bits per heavy atom. The van der Waals surface area contributed by atoms with Gasteiger partial charge >= 0.3 is 11.9 Å². The lowest BCUT2D eigenvalue weighted by atomic mass is 10.2. The fourth-order valence-electron chi connectivity index (χ4n) is 2.15. The molecule has 2 aromatic rings. The number of esters is 2. The summed E-state index contributed by atoms with van der Waals surface area (Å²) in [4.78, 5) is 21.9. The minimum absolute atomic E-state index is 0.0296. The van der Waals surface area contributed by atoms with Crippen LogP contribution in [0.4, 0.5) is 0 Å². The highest BCUT2D eigenvalue weighted by Crippen LogP contribution is 2.16. The molecule has 0 unspecified atom stereocenters. The molecular weight excluding hydrogens is 360 g/mol. The van der Waals surface area contributed by atoms with Gasteiger partial charge in [-0.25, -0.2) is 4.79 Å². The molecule has 0 saturated carbocycles. The number of aromatic hydroxyl groups is 1. The molecule has 0 aliphatic rings. The van der Waals surface area contributed by atoms with Crippen molar-refractivity contribution in [2.45, 2.75) is 39.7 Å². The summed E-state index contributed by atoms with van der Waals surface area (Å²) >= 11 is 0. The van der Waals surface area contributed by atoms with Gasteiger partial charge in [-0.3, -0.25) is 4.79 Å². The first-order valence-electron chi connectivity index (χ1n) is 9.19. The number of carbonyl (C=O) groups is 2. The van der Waals surface area contributed by atoms with E-state index < -0.39 is 5.97 Å². The van der Waals surface area contributed by atoms with Gasteiger partial charge in [-0.2, -0.15) is 0 Å². The van der Waals surface area contributed by atoms with Crippen LogP contribution in [-0.4, -0.2) is 30.8 Å². The molecule has 6 nitrogen and oxygen atoms in total. The van der Waals surface area contributed by atoms with E-state index in [0.717, 1.165) is 30.6 Å². The Balaban J connectivity index is 0.000000283. The van der Waals surface area contributed by atoms with E-state index in [2.05, 4.69) is 6.92 Å². The van der Waals surface area contributed by atoms with E-state index in [0.29, 0.717) is 13.2 Å². The Morgan fingerprint density at radius 3 is 2.21 bits per heavy atom. The van der Waals surface area contributed by atoms with E-state index in [9.17, 15) is 14.7 Å². The summed E-state index contributed by atoms with van der Waals surface area (Å²) in [5.74, 6) is 0.0459. The van der Waals surface area contributed by atoms with E-state index in [1.807, 2.05) is 24.3 Å². The average molecular weight is 388 g/mol. The number of rotatable bonds is 8. The number of phenols is 1. The van der Waals surface area contributed by atoms with Gasteiger partial charge in [0.1, 0.15) is 23.7 Å². The highest BCUT2D eigenvalue weighted by molar-refractivity contribution is 5.92. The van der Waals surface area contributed by atoms with Crippen LogP contribution in [0.25, 0.3) is 0 Å². The Hall–Kier alpha value is -3.02. The predicted molar refractivity (Wildman–Crippen MR) is 106 cm³/mol. The summed E-state index contributed by atoms with van der Waals surface area (Å²) in [5, 5.41) is 9.38. The minimum atomic E-state index is -0.454. The molecule has 0 fully saturated rings. The molecule has 6 heteroatoms. The van der Waals surface area contributed by atoms with Crippen LogP contribution in [0.1, 0.15) is 49.0 Å². The largest absolute Gasteiger partial charge is 0.507 e. The molecule has 0 atom stereocenters. The number of hydrogen-bond donors (Lipinski definition) is 1. The number of ether oxygens (including phenoxy) is 3. The molecule has 0 saturated heterocycles. The molecule has 0 spiro atoms. The van der Waals surface area contributed by atoms with E-state index in [-0.39, 0.29) is 17.3 Å². The zero-order chi connectivity index (χ0) is 20.8. The number of phenolic OH excluding ortho intramolecular Hbond substituents is 1. The summed E-state index contributed by atoms with van der Waals surface area (Å²) in [6, 6.07) is 13.8. The number of carbonyl (C=O) groups excluding carboxylic acids is 2. The second-order valence-corrected chi connectivity index (χ2v) is 5.99. The van der Waals surface area contributed by atoms with Crippen LogP contribution in [0.3, 0.4) is 0 Å². The van der Waals surface area contributed by atoms with Gasteiger partial charge in [0.2, 0.25) is 0 Å². The highest BCUT2D eigenvalue weighted by Gasteiger charge is 2.10. The van der Waals surface area contributed by atoms with Crippen molar-refractivity contribution < 1.29 is 28.9 Å². The van der Waals surface area contributed by atoms with Crippen molar-refractivity contribution in [2.75, 3.05) is 13.7 Å². The molecular formula is C22H28O6. The number of hydrogen-bond acceptors (Lipinski definition) is 6. The molecule has 0 aliphatic carbocycles. The van der Waals surface area contributed by atoms with Crippen LogP contribution in [-0.2, 0) is 20.9 Å². The highest BCUT2D eigenvalue weighted by atomic mass is 16.5. The summed E-state index contributed by atoms with van der Waals surface area (Å²) < 4.78 is 14.8. The van der Waals surface area contributed by atoms with E-state index in [1.165, 1.54) is 13.0 Å². The molecule has 0 amide bonds. The van der Waals surface area contributed by atoms with Gasteiger partial charge in [0.15, 0.2) is 0 Å². The first kappa shape index (κ1) is 23.0. The van der Waals surface area contributed by atoms with Crippen molar-refractivity contribution in [3.8, 4) is 11.5 Å². The molecule has 0 radical (unpaired) electrons. The van der Waals surface area contributed by atoms with E-state index in [1.54, 1.807) is 25.3 Å². The maximum atomic E-state index is 11.4. The van der Waals surface area contributed by atoms with Crippen molar-refractivity contribution in [2.24, 2.45) is 0 Å². The average Bonchev–Trinajstić information content (AvgIpc) is 2.70. The molecule has 0 bridgehead atoms. The lowest BCUT2D eigenvalue weighted by molar-refractivity contribution is -0.142. The van der Waals surface area contributed by atoms with Gasteiger partial charge in [-0.1, -0.05) is 44.0 Å². The van der Waals surface area contributed by atoms with Crippen LogP contribution in [0.5, 0.6) is 11.5 Å². The van der Waals surface area contributed by atoms with Crippen molar-refractivity contribution in [3.05, 3.63) is 59.7 Å². The van der Waals surface area contributed by atoms with Crippen LogP contribution >= 0.6 is 0 Å². The summed E-state index contributed by atoms with van der Waals surface area (Å²) in [7, 11) is 1.61. The number of methoxy groups -OCH3 is 1. The third kappa shape index (κ3) is 9.07. The van der Waals surface area contributed by atoms with Crippen molar-refractivity contribution in [1.29, 1.82) is 0 Å². The molecule has 2 aromatic carbocycles. The third-order valence-corrected chi connectivity index (χ3v) is 3.71. The number of unbranched alkanes of at least 4 members (excludes halogenated alkanes) is 2. The molecule has 0 aliphatic heterocycles. The molecule has 1 N–H and O–H groups in total. The first-order valence-corrected chi connectivity index (χ1v) is 9.19. The normalized spacial score (nSPS) is 9.68. The number of para-hydroxylation sites is 1. The van der Waals surface area contributed by atoms with Crippen molar-refractivity contribution >= 4 is 11.9 Å². The monoisotopic (exact) mass is 388 g/mol. The molecule has 152 valence electrons. The van der Waals surface area contributed by atoms with Gasteiger partial charge in [0.05, 0.1) is 13.7 Å². The Bertz CT molecular complexity index is 724. The van der Waals surface area contributed by atoms with Crippen LogP contribution in [0.2, 0.25) is 0 Å². The first-order chi connectivity index (χ1) is 13.5. The Morgan fingerprint density at radius 1 is 0.964 bits per heavy atom. The lowest BCUT2D eigenvalue weighted by Gasteiger charge is -2.05. The SMILES string of the molecule is CCCCCOC(=O)c1ccccc1O.COc1ccc(COC(C)=O)cc1. The Kier molecular flexibility index (Phi) is 10.8. The zero-order valence-electron chi connectivity index (χ0n) is 16.6. The van der Waals surface area contributed by atoms with Gasteiger partial charge in [0, 0.05) is 6.92 Å². The smallest absolute Gasteiger partial charge is 0.341 e. The summed E-state index contributed by atoms with van der Waals surface area (Å²) in [6.45, 7) is 4.22. The van der Waals surface area contributed by atoms with Crippen LogP contribution in [0.15, 0.2) is 48.5 Å². The Labute approximate surface area is 166 Å². The maximum absolute atomic E-state index is 11.4. The molecule has 2 rings (SSSR count). The predicted octanol–water partition coefficient (Wildman–Crippen LogP) is 4.50. The molecule has 28 heavy (non-hydrogen) atoms. The fourth-order valence-corrected chi connectivity index (χ4v) is 2.15. The second-order valence-electron chi connectivity index (χ2n) is 5.99. The van der Waals surface area contributed by atoms with E-state index >= 15 is 0 Å². The van der Waals surface area contributed by atoms with Gasteiger partial charge in [-0.15, -0.1) is 0 Å². The summed E-state index contributed by atoms with van der Waals surface area (Å²) in [5.41, 5.74) is 1.19. The van der Waals surface area contributed by atoms with Crippen molar-refractivity contribution in [1.82, 2.24) is 0 Å². The topological polar surface area (TPSA) is 82.1 Å². The number of benzene rings is 2. The van der Waals surface area contributed by atoms with Crippen LogP contribution in [0, 0.1) is 0 Å². The van der Waals surface area contributed by atoms with Crippen LogP contribution < -0.4 is 4.74 Å². The summed E-state index contributed by atoms with van der Waals surface area (Å²) in [6.07, 6.45) is 3.01. The van der Waals surface area contributed by atoms with Gasteiger partial charge < -0.3 is 19.3 Å². The van der Waals surface area contributed by atoms with Gasteiger partial charge in [0.25, 0.3) is 0 Å². The molecule has 0 heterocycles. The minimum Gasteiger partial charge on any atom is -0.507 e. The standard InChI is InChI=1S/C12H16O3.C10H12O3/c1-2-3-6-9-15-12(14)10-7-4-5-8-11(10)13;1-8(11)13-7-9-3-5-10(12-2)6-4-9/h4-5,7-8,13H,2-3,6,9H2,1H3;3-6H,7H2,1-2H3. The molecule has 0 aromatic heterocycles. The second kappa shape index (κ2) is 13.2. The maximum Gasteiger partial charge on any atom is 0.341 e.